The molecule has 2 saturated carbocycles. The summed E-state index contributed by atoms with van der Waals surface area (Å²) < 4.78 is 11.6. The van der Waals surface area contributed by atoms with Crippen molar-refractivity contribution in [3.63, 3.8) is 0 Å². The highest BCUT2D eigenvalue weighted by Gasteiger charge is 2.64. The molecular formula is C16H27NO2. The Morgan fingerprint density at radius 2 is 2.21 bits per heavy atom. The van der Waals surface area contributed by atoms with Gasteiger partial charge in [-0.2, -0.15) is 0 Å². The highest BCUT2D eigenvalue weighted by molar-refractivity contribution is 5.16. The van der Waals surface area contributed by atoms with E-state index in [0.29, 0.717) is 24.2 Å². The van der Waals surface area contributed by atoms with Gasteiger partial charge in [-0.15, -0.1) is 0 Å². The van der Waals surface area contributed by atoms with Crippen LogP contribution in [0.1, 0.15) is 39.0 Å². The van der Waals surface area contributed by atoms with Crippen molar-refractivity contribution in [1.29, 1.82) is 0 Å². The maximum Gasteiger partial charge on any atom is 0.0690 e. The van der Waals surface area contributed by atoms with Crippen LogP contribution in [0, 0.1) is 11.3 Å². The van der Waals surface area contributed by atoms with Crippen molar-refractivity contribution < 1.29 is 9.47 Å². The predicted molar refractivity (Wildman–Crippen MR) is 76.2 cm³/mol. The lowest BCUT2D eigenvalue weighted by molar-refractivity contribution is -0.131. The average molecular weight is 265 g/mol. The van der Waals surface area contributed by atoms with Crippen LogP contribution in [0.25, 0.3) is 0 Å². The summed E-state index contributed by atoms with van der Waals surface area (Å²) in [6, 6.07) is 0.677. The molecule has 2 aliphatic carbocycles. The molecule has 0 radical (unpaired) electrons. The van der Waals surface area contributed by atoms with Crippen molar-refractivity contribution in [2.45, 2.75) is 51.2 Å². The minimum atomic E-state index is 0.468. The smallest absolute Gasteiger partial charge is 0.0690 e. The molecule has 0 aromatic carbocycles. The van der Waals surface area contributed by atoms with E-state index < -0.39 is 0 Å². The summed E-state index contributed by atoms with van der Waals surface area (Å²) in [5.74, 6) is 0.763. The molecule has 3 rings (SSSR count). The first-order valence-electron chi connectivity index (χ1n) is 7.81. The van der Waals surface area contributed by atoms with Crippen molar-refractivity contribution in [2.75, 3.05) is 26.4 Å². The number of rotatable bonds is 6. The molecule has 3 heteroatoms. The second kappa shape index (κ2) is 5.55. The Morgan fingerprint density at radius 1 is 1.42 bits per heavy atom. The van der Waals surface area contributed by atoms with Crippen LogP contribution in [0.3, 0.4) is 0 Å². The van der Waals surface area contributed by atoms with Crippen LogP contribution in [0.5, 0.6) is 0 Å². The van der Waals surface area contributed by atoms with E-state index in [1.165, 1.54) is 32.1 Å². The van der Waals surface area contributed by atoms with E-state index in [1.807, 2.05) is 6.92 Å². The third kappa shape index (κ3) is 2.37. The van der Waals surface area contributed by atoms with Gasteiger partial charge < -0.3 is 14.8 Å². The summed E-state index contributed by atoms with van der Waals surface area (Å²) >= 11 is 0. The van der Waals surface area contributed by atoms with Crippen LogP contribution in [-0.2, 0) is 9.47 Å². The van der Waals surface area contributed by atoms with E-state index in [0.717, 1.165) is 31.2 Å². The molecule has 1 N–H and O–H groups in total. The first kappa shape index (κ1) is 13.6. The normalized spacial score (nSPS) is 35.3. The van der Waals surface area contributed by atoms with Crippen molar-refractivity contribution in [3.05, 3.63) is 12.2 Å². The molecule has 3 fully saturated rings. The molecule has 1 spiro atoms. The van der Waals surface area contributed by atoms with Crippen LogP contribution in [0.15, 0.2) is 12.2 Å². The third-order valence-corrected chi connectivity index (χ3v) is 5.25. The molecule has 108 valence electrons. The van der Waals surface area contributed by atoms with Crippen LogP contribution in [0.4, 0.5) is 0 Å². The first-order chi connectivity index (χ1) is 9.24. The molecule has 0 aromatic heterocycles. The summed E-state index contributed by atoms with van der Waals surface area (Å²) in [4.78, 5) is 0. The molecule has 3 nitrogen and oxygen atoms in total. The molecule has 1 saturated heterocycles. The molecular weight excluding hydrogens is 238 g/mol. The fourth-order valence-corrected chi connectivity index (χ4v) is 4.54. The molecule has 1 aliphatic heterocycles. The number of ether oxygens (including phenoxy) is 2. The fraction of sp³-hybridized carbons (Fsp3) is 0.875. The van der Waals surface area contributed by atoms with Crippen molar-refractivity contribution in [2.24, 2.45) is 11.3 Å². The minimum Gasteiger partial charge on any atom is -0.377 e. The highest BCUT2D eigenvalue weighted by Crippen LogP contribution is 2.60. The van der Waals surface area contributed by atoms with Crippen LogP contribution < -0.4 is 5.32 Å². The number of nitrogens with one attached hydrogen (secondary N) is 1. The largest absolute Gasteiger partial charge is 0.377 e. The molecule has 0 bridgehead atoms. The summed E-state index contributed by atoms with van der Waals surface area (Å²) in [5, 5.41) is 3.76. The van der Waals surface area contributed by atoms with Gasteiger partial charge in [0.1, 0.15) is 0 Å². The maximum atomic E-state index is 6.00. The van der Waals surface area contributed by atoms with Gasteiger partial charge in [0.05, 0.1) is 19.3 Å². The Hall–Kier alpha value is -0.380. The molecule has 3 aliphatic rings. The van der Waals surface area contributed by atoms with Crippen molar-refractivity contribution in [1.82, 2.24) is 5.32 Å². The second-order valence-electron chi connectivity index (χ2n) is 6.63. The molecule has 1 heterocycles. The van der Waals surface area contributed by atoms with E-state index in [2.05, 4.69) is 11.9 Å². The molecule has 0 aromatic rings. The van der Waals surface area contributed by atoms with E-state index in [1.54, 1.807) is 0 Å². The van der Waals surface area contributed by atoms with E-state index in [4.69, 9.17) is 9.47 Å². The van der Waals surface area contributed by atoms with Crippen molar-refractivity contribution >= 4 is 0 Å². The van der Waals surface area contributed by atoms with Gasteiger partial charge in [-0.05, 0) is 26.2 Å². The molecule has 0 unspecified atom stereocenters. The van der Waals surface area contributed by atoms with E-state index in [-0.39, 0.29) is 0 Å². The Bertz CT molecular complexity index is 336. The predicted octanol–water partition coefficient (Wildman–Crippen LogP) is 2.52. The number of hydrogen-bond donors (Lipinski definition) is 1. The van der Waals surface area contributed by atoms with Crippen LogP contribution in [0.2, 0.25) is 0 Å². The van der Waals surface area contributed by atoms with Crippen LogP contribution in [-0.4, -0.2) is 38.5 Å². The minimum absolute atomic E-state index is 0.468. The van der Waals surface area contributed by atoms with E-state index >= 15 is 0 Å². The summed E-state index contributed by atoms with van der Waals surface area (Å²) in [6.07, 6.45) is 7.30. The molecule has 3 atom stereocenters. The zero-order valence-corrected chi connectivity index (χ0v) is 12.1. The average Bonchev–Trinajstić information content (AvgIpc) is 3.00. The summed E-state index contributed by atoms with van der Waals surface area (Å²) in [6.45, 7) is 9.27. The molecule has 19 heavy (non-hydrogen) atoms. The van der Waals surface area contributed by atoms with Gasteiger partial charge in [0.25, 0.3) is 0 Å². The van der Waals surface area contributed by atoms with E-state index in [9.17, 15) is 0 Å². The maximum absolute atomic E-state index is 6.00. The topological polar surface area (TPSA) is 30.5 Å². The lowest BCUT2D eigenvalue weighted by atomic mass is 9.54. The summed E-state index contributed by atoms with van der Waals surface area (Å²) in [7, 11) is 0. The number of hydrogen-bond acceptors (Lipinski definition) is 3. The Labute approximate surface area is 116 Å². The van der Waals surface area contributed by atoms with Gasteiger partial charge in [-0.25, -0.2) is 0 Å². The standard InChI is InChI=1S/C16H27NO2/c1-12(2)11-18-10-8-17-14-13-5-9-19-15(13)16(14)6-3-4-7-16/h13-15,17H,1,3-11H2,2H3/t13-,14+,15+/m0/s1. The third-order valence-electron chi connectivity index (χ3n) is 5.25. The zero-order chi connectivity index (χ0) is 13.3. The fourth-order valence-electron chi connectivity index (χ4n) is 4.54. The second-order valence-corrected chi connectivity index (χ2v) is 6.63. The Balaban J connectivity index is 1.48. The number of fused-ring (bicyclic) bond motifs is 2. The van der Waals surface area contributed by atoms with Gasteiger partial charge in [0.2, 0.25) is 0 Å². The Morgan fingerprint density at radius 3 is 2.95 bits per heavy atom. The zero-order valence-electron chi connectivity index (χ0n) is 12.1. The highest BCUT2D eigenvalue weighted by atomic mass is 16.5. The SMILES string of the molecule is C=C(C)COCCN[C@@H]1[C@@H]2CCO[C@H]2C12CCCC2. The van der Waals surface area contributed by atoms with Crippen molar-refractivity contribution in [3.8, 4) is 0 Å². The van der Waals surface area contributed by atoms with Gasteiger partial charge in [-0.3, -0.25) is 0 Å². The lowest BCUT2D eigenvalue weighted by Crippen LogP contribution is -2.67. The van der Waals surface area contributed by atoms with Gasteiger partial charge in [-0.1, -0.05) is 25.0 Å². The first-order valence-corrected chi connectivity index (χ1v) is 7.81. The quantitative estimate of drug-likeness (QED) is 0.591. The monoisotopic (exact) mass is 265 g/mol. The Kier molecular flexibility index (Phi) is 3.97. The van der Waals surface area contributed by atoms with Gasteiger partial charge >= 0.3 is 0 Å². The lowest BCUT2D eigenvalue weighted by Gasteiger charge is -2.57. The van der Waals surface area contributed by atoms with Gasteiger partial charge in [0.15, 0.2) is 0 Å². The van der Waals surface area contributed by atoms with Gasteiger partial charge in [0, 0.05) is 30.5 Å². The molecule has 0 amide bonds. The summed E-state index contributed by atoms with van der Waals surface area (Å²) in [5.41, 5.74) is 1.57. The van der Waals surface area contributed by atoms with Crippen LogP contribution >= 0.6 is 0 Å².